The van der Waals surface area contributed by atoms with Crippen molar-refractivity contribution in [2.45, 2.75) is 51.2 Å². The van der Waals surface area contributed by atoms with E-state index in [0.29, 0.717) is 31.6 Å². The van der Waals surface area contributed by atoms with Crippen LogP contribution in [-0.4, -0.2) is 44.8 Å². The van der Waals surface area contributed by atoms with E-state index < -0.39 is 11.7 Å². The fraction of sp³-hybridized carbons (Fsp3) is 0.500. The van der Waals surface area contributed by atoms with Gasteiger partial charge in [0.1, 0.15) is 12.9 Å². The Labute approximate surface area is 185 Å². The number of rotatable bonds is 8. The second-order valence-electron chi connectivity index (χ2n) is 8.83. The maximum absolute atomic E-state index is 12.9. The molecule has 5 nitrogen and oxygen atoms in total. The maximum atomic E-state index is 12.9. The molecule has 1 aromatic rings. The summed E-state index contributed by atoms with van der Waals surface area (Å²) in [6.07, 6.45) is 4.68. The predicted molar refractivity (Wildman–Crippen MR) is 121 cm³/mol. The fourth-order valence-electron chi connectivity index (χ4n) is 4.62. The summed E-state index contributed by atoms with van der Waals surface area (Å²) in [5, 5.41) is 0. The van der Waals surface area contributed by atoms with E-state index in [1.54, 1.807) is 19.2 Å². The van der Waals surface area contributed by atoms with Crippen molar-refractivity contribution in [3.8, 4) is 0 Å². The van der Waals surface area contributed by atoms with E-state index in [0.717, 1.165) is 29.6 Å². The summed E-state index contributed by atoms with van der Waals surface area (Å²) in [7, 11) is 1.64. The Bertz CT molecular complexity index is 839. The number of fused-ring (bicyclic) bond motifs is 2. The fourth-order valence-corrected chi connectivity index (χ4v) is 4.62. The minimum absolute atomic E-state index is 0.175. The second kappa shape index (κ2) is 9.94. The Kier molecular flexibility index (Phi) is 7.52. The summed E-state index contributed by atoms with van der Waals surface area (Å²) in [6.45, 7) is 14.0. The van der Waals surface area contributed by atoms with Crippen LogP contribution in [0.15, 0.2) is 66.3 Å². The highest BCUT2D eigenvalue weighted by atomic mass is 16.7. The lowest BCUT2D eigenvalue weighted by atomic mass is 9.58. The van der Waals surface area contributed by atoms with Crippen molar-refractivity contribution in [2.24, 2.45) is 5.41 Å². The van der Waals surface area contributed by atoms with E-state index in [4.69, 9.17) is 18.9 Å². The summed E-state index contributed by atoms with van der Waals surface area (Å²) in [6, 6.07) is 9.09. The van der Waals surface area contributed by atoms with Gasteiger partial charge in [0.05, 0.1) is 24.4 Å². The van der Waals surface area contributed by atoms with Crippen LogP contribution in [-0.2, 0) is 18.9 Å². The molecule has 0 unspecified atom stereocenters. The van der Waals surface area contributed by atoms with Crippen molar-refractivity contribution in [2.75, 3.05) is 27.1 Å². The molecule has 0 saturated heterocycles. The van der Waals surface area contributed by atoms with E-state index in [2.05, 4.69) is 33.1 Å². The van der Waals surface area contributed by atoms with Gasteiger partial charge in [-0.2, -0.15) is 0 Å². The molecule has 0 amide bonds. The van der Waals surface area contributed by atoms with E-state index >= 15 is 0 Å². The van der Waals surface area contributed by atoms with Gasteiger partial charge in [-0.25, -0.2) is 4.79 Å². The number of allylic oxidation sites excluding steroid dienone is 1. The summed E-state index contributed by atoms with van der Waals surface area (Å²) in [4.78, 5) is 12.9. The normalized spacial score (nSPS) is 25.4. The van der Waals surface area contributed by atoms with Gasteiger partial charge in [-0.1, -0.05) is 51.3 Å². The molecule has 2 atom stereocenters. The Hall–Kier alpha value is -2.21. The van der Waals surface area contributed by atoms with Crippen molar-refractivity contribution >= 4 is 5.97 Å². The topological polar surface area (TPSA) is 54.0 Å². The first kappa shape index (κ1) is 23.5. The zero-order chi connectivity index (χ0) is 22.5. The van der Waals surface area contributed by atoms with Crippen LogP contribution in [0.5, 0.6) is 0 Å². The average Bonchev–Trinajstić information content (AvgIpc) is 2.75. The first-order valence-corrected chi connectivity index (χ1v) is 10.8. The third-order valence-corrected chi connectivity index (χ3v) is 6.66. The quantitative estimate of drug-likeness (QED) is 0.246. The summed E-state index contributed by atoms with van der Waals surface area (Å²) in [5.41, 5.74) is 2.56. The number of methoxy groups -OCH3 is 1. The highest BCUT2D eigenvalue weighted by Gasteiger charge is 2.53. The molecule has 0 radical (unpaired) electrons. The van der Waals surface area contributed by atoms with Crippen LogP contribution in [0, 0.1) is 5.41 Å². The van der Waals surface area contributed by atoms with Crippen LogP contribution in [0.4, 0.5) is 0 Å². The molecule has 0 aromatic heterocycles. The number of hydrogen-bond acceptors (Lipinski definition) is 5. The van der Waals surface area contributed by atoms with Crippen LogP contribution in [0.2, 0.25) is 0 Å². The highest BCUT2D eigenvalue weighted by molar-refractivity contribution is 5.89. The van der Waals surface area contributed by atoms with Crippen molar-refractivity contribution in [1.82, 2.24) is 0 Å². The Balaban J connectivity index is 1.87. The number of benzene rings is 1. The summed E-state index contributed by atoms with van der Waals surface area (Å²) < 4.78 is 23.2. The standard InChI is InChI=1S/C26H34O5/c1-19-16-23(31-24(27)21-10-7-6-8-11-21)22-12-9-13-26(17-20(19)2,25(22,3)4)30-18-29-15-14-28-5/h6-8,10-12,23H,1-2,9,13-18H2,3-5H3/t23-,26-/m1/s1. The molecule has 1 aromatic carbocycles. The van der Waals surface area contributed by atoms with Gasteiger partial charge in [-0.3, -0.25) is 0 Å². The molecule has 1 saturated carbocycles. The van der Waals surface area contributed by atoms with Crippen LogP contribution in [0.1, 0.15) is 49.9 Å². The van der Waals surface area contributed by atoms with Gasteiger partial charge >= 0.3 is 5.97 Å². The zero-order valence-corrected chi connectivity index (χ0v) is 18.9. The van der Waals surface area contributed by atoms with E-state index in [1.807, 2.05) is 18.2 Å². The van der Waals surface area contributed by atoms with Gasteiger partial charge < -0.3 is 18.9 Å². The van der Waals surface area contributed by atoms with Crippen LogP contribution >= 0.6 is 0 Å². The van der Waals surface area contributed by atoms with Crippen molar-refractivity contribution in [3.05, 3.63) is 71.8 Å². The Morgan fingerprint density at radius 1 is 1.13 bits per heavy atom. The van der Waals surface area contributed by atoms with Crippen molar-refractivity contribution in [3.63, 3.8) is 0 Å². The largest absolute Gasteiger partial charge is 0.454 e. The van der Waals surface area contributed by atoms with E-state index in [9.17, 15) is 4.79 Å². The molecular weight excluding hydrogens is 392 g/mol. The minimum Gasteiger partial charge on any atom is -0.454 e. The number of esters is 1. The molecular formula is C26H34O5. The second-order valence-corrected chi connectivity index (χ2v) is 8.83. The lowest BCUT2D eigenvalue weighted by Crippen LogP contribution is -2.54. The molecule has 2 aliphatic rings. The Morgan fingerprint density at radius 2 is 1.87 bits per heavy atom. The lowest BCUT2D eigenvalue weighted by molar-refractivity contribution is -0.191. The average molecular weight is 427 g/mol. The first-order valence-electron chi connectivity index (χ1n) is 10.8. The van der Waals surface area contributed by atoms with Gasteiger partial charge in [-0.15, -0.1) is 0 Å². The molecule has 168 valence electrons. The Morgan fingerprint density at radius 3 is 2.58 bits per heavy atom. The number of carbonyl (C=O) groups is 1. The number of carbonyl (C=O) groups excluding carboxylic acids is 1. The highest BCUT2D eigenvalue weighted by Crippen LogP contribution is 2.54. The van der Waals surface area contributed by atoms with Gasteiger partial charge in [0.25, 0.3) is 0 Å². The van der Waals surface area contributed by atoms with Gasteiger partial charge in [0.15, 0.2) is 0 Å². The third kappa shape index (κ3) is 5.00. The van der Waals surface area contributed by atoms with E-state index in [-0.39, 0.29) is 18.2 Å². The molecule has 1 fully saturated rings. The molecule has 0 heterocycles. The van der Waals surface area contributed by atoms with Crippen molar-refractivity contribution in [1.29, 1.82) is 0 Å². The van der Waals surface area contributed by atoms with Gasteiger partial charge in [0, 0.05) is 25.4 Å². The molecule has 2 bridgehead atoms. The first-order chi connectivity index (χ1) is 14.8. The van der Waals surface area contributed by atoms with Gasteiger partial charge in [0.2, 0.25) is 0 Å². The minimum atomic E-state index is -0.512. The van der Waals surface area contributed by atoms with Crippen LogP contribution < -0.4 is 0 Å². The monoisotopic (exact) mass is 426 g/mol. The number of hydrogen-bond donors (Lipinski definition) is 0. The SMILES string of the molecule is C=C1C[C@@H](OC(=O)c2ccccc2)C2=CCC[C@@](OCOCCOC)(CC1=C)C2(C)C. The molecule has 2 aliphatic carbocycles. The smallest absolute Gasteiger partial charge is 0.338 e. The molecule has 31 heavy (non-hydrogen) atoms. The molecule has 5 heteroatoms. The van der Waals surface area contributed by atoms with Crippen LogP contribution in [0.25, 0.3) is 0 Å². The molecule has 0 aliphatic heterocycles. The summed E-state index contributed by atoms with van der Waals surface area (Å²) in [5.74, 6) is -0.332. The van der Waals surface area contributed by atoms with E-state index in [1.165, 1.54) is 0 Å². The zero-order valence-electron chi connectivity index (χ0n) is 18.9. The van der Waals surface area contributed by atoms with Gasteiger partial charge in [-0.05, 0) is 41.7 Å². The predicted octanol–water partition coefficient (Wildman–Crippen LogP) is 5.24. The molecule has 0 spiro atoms. The molecule has 0 N–H and O–H groups in total. The van der Waals surface area contributed by atoms with Crippen molar-refractivity contribution < 1.29 is 23.7 Å². The summed E-state index contributed by atoms with van der Waals surface area (Å²) >= 11 is 0. The lowest BCUT2D eigenvalue weighted by Gasteiger charge is -2.53. The number of ether oxygens (including phenoxy) is 4. The van der Waals surface area contributed by atoms with Crippen LogP contribution in [0.3, 0.4) is 0 Å². The third-order valence-electron chi connectivity index (χ3n) is 6.66. The maximum Gasteiger partial charge on any atom is 0.338 e. The molecule has 3 rings (SSSR count).